The number of carboxylic acid groups (broad SMARTS) is 1. The molecule has 1 heterocycles. The summed E-state index contributed by atoms with van der Waals surface area (Å²) in [4.78, 5) is 26.4. The summed E-state index contributed by atoms with van der Waals surface area (Å²) in [6, 6.07) is 7.36. The Kier molecular flexibility index (Phi) is 5.75. The Balaban J connectivity index is 2.00. The minimum atomic E-state index is -0.817. The standard InChI is InChI=1S/C16H20ClNO3S/c1-10-7-12(16(20)21)9-18(8-10)15(19)11(2)22-14-5-3-13(17)4-6-14/h3-6,10-12H,7-9H2,1-2H3,(H,20,21). The fourth-order valence-corrected chi connectivity index (χ4v) is 3.81. The van der Waals surface area contributed by atoms with Crippen molar-refractivity contribution < 1.29 is 14.7 Å². The maximum atomic E-state index is 12.6. The summed E-state index contributed by atoms with van der Waals surface area (Å²) in [6.45, 7) is 4.79. The molecule has 6 heteroatoms. The Morgan fingerprint density at radius 3 is 2.55 bits per heavy atom. The Morgan fingerprint density at radius 2 is 1.95 bits per heavy atom. The number of carbonyl (C=O) groups is 2. The highest BCUT2D eigenvalue weighted by Crippen LogP contribution is 2.28. The second-order valence-electron chi connectivity index (χ2n) is 5.83. The molecule has 1 N–H and O–H groups in total. The number of amides is 1. The van der Waals surface area contributed by atoms with Crippen LogP contribution in [0.4, 0.5) is 0 Å². The molecule has 1 fully saturated rings. The van der Waals surface area contributed by atoms with Gasteiger partial charge in [0.25, 0.3) is 0 Å². The molecule has 22 heavy (non-hydrogen) atoms. The molecular weight excluding hydrogens is 322 g/mol. The number of rotatable bonds is 4. The van der Waals surface area contributed by atoms with Crippen LogP contribution in [0, 0.1) is 11.8 Å². The van der Waals surface area contributed by atoms with Gasteiger partial charge in [0.15, 0.2) is 0 Å². The number of halogens is 1. The molecule has 1 saturated heterocycles. The molecule has 2 rings (SSSR count). The first-order chi connectivity index (χ1) is 10.4. The molecule has 0 aromatic heterocycles. The van der Waals surface area contributed by atoms with Gasteiger partial charge in [-0.1, -0.05) is 18.5 Å². The molecule has 1 aromatic carbocycles. The first kappa shape index (κ1) is 17.2. The minimum Gasteiger partial charge on any atom is -0.481 e. The summed E-state index contributed by atoms with van der Waals surface area (Å²) in [5.41, 5.74) is 0. The fourth-order valence-electron chi connectivity index (χ4n) is 2.74. The first-order valence-corrected chi connectivity index (χ1v) is 8.56. The number of carboxylic acids is 1. The zero-order valence-corrected chi connectivity index (χ0v) is 14.2. The van der Waals surface area contributed by atoms with Gasteiger partial charge in [0.1, 0.15) is 0 Å². The van der Waals surface area contributed by atoms with Gasteiger partial charge in [0, 0.05) is 23.0 Å². The van der Waals surface area contributed by atoms with Crippen LogP contribution >= 0.6 is 23.4 Å². The third kappa shape index (κ3) is 4.40. The van der Waals surface area contributed by atoms with Crippen LogP contribution in [0.3, 0.4) is 0 Å². The number of likely N-dealkylation sites (tertiary alicyclic amines) is 1. The van der Waals surface area contributed by atoms with Crippen LogP contribution in [-0.2, 0) is 9.59 Å². The van der Waals surface area contributed by atoms with E-state index in [1.54, 1.807) is 17.0 Å². The number of carbonyl (C=O) groups excluding carboxylic acids is 1. The minimum absolute atomic E-state index is 0.00208. The normalized spacial score (nSPS) is 23.1. The van der Waals surface area contributed by atoms with Crippen LogP contribution in [0.5, 0.6) is 0 Å². The zero-order valence-electron chi connectivity index (χ0n) is 12.7. The molecule has 4 nitrogen and oxygen atoms in total. The van der Waals surface area contributed by atoms with E-state index in [1.165, 1.54) is 11.8 Å². The van der Waals surface area contributed by atoms with Crippen molar-refractivity contribution in [3.8, 4) is 0 Å². The fraction of sp³-hybridized carbons (Fsp3) is 0.500. The summed E-state index contributed by atoms with van der Waals surface area (Å²) in [6.07, 6.45) is 0.637. The number of thioether (sulfide) groups is 1. The molecule has 0 bridgehead atoms. The maximum absolute atomic E-state index is 12.6. The van der Waals surface area contributed by atoms with E-state index in [2.05, 4.69) is 0 Å². The van der Waals surface area contributed by atoms with Gasteiger partial charge in [-0.05, 0) is 43.5 Å². The van der Waals surface area contributed by atoms with E-state index in [0.29, 0.717) is 24.5 Å². The summed E-state index contributed by atoms with van der Waals surface area (Å²) in [5, 5.41) is 9.61. The molecule has 1 aromatic rings. The van der Waals surface area contributed by atoms with Crippen LogP contribution in [0.15, 0.2) is 29.2 Å². The second kappa shape index (κ2) is 7.38. The van der Waals surface area contributed by atoms with E-state index in [4.69, 9.17) is 11.6 Å². The van der Waals surface area contributed by atoms with Gasteiger partial charge in [-0.2, -0.15) is 0 Å². The van der Waals surface area contributed by atoms with E-state index in [0.717, 1.165) is 4.90 Å². The number of nitrogens with zero attached hydrogens (tertiary/aromatic N) is 1. The molecule has 120 valence electrons. The Morgan fingerprint density at radius 1 is 1.32 bits per heavy atom. The maximum Gasteiger partial charge on any atom is 0.308 e. The van der Waals surface area contributed by atoms with Gasteiger partial charge in [0.05, 0.1) is 11.2 Å². The predicted molar refractivity (Wildman–Crippen MR) is 88.3 cm³/mol. The molecule has 3 unspecified atom stereocenters. The van der Waals surface area contributed by atoms with Gasteiger partial charge in [-0.3, -0.25) is 9.59 Å². The van der Waals surface area contributed by atoms with Crippen LogP contribution in [0.1, 0.15) is 20.3 Å². The average Bonchev–Trinajstić information content (AvgIpc) is 2.48. The van der Waals surface area contributed by atoms with E-state index in [-0.39, 0.29) is 17.1 Å². The highest BCUT2D eigenvalue weighted by atomic mass is 35.5. The van der Waals surface area contributed by atoms with Crippen molar-refractivity contribution in [1.82, 2.24) is 4.90 Å². The van der Waals surface area contributed by atoms with Crippen molar-refractivity contribution in [2.75, 3.05) is 13.1 Å². The van der Waals surface area contributed by atoms with Gasteiger partial charge < -0.3 is 10.0 Å². The second-order valence-corrected chi connectivity index (χ2v) is 7.68. The van der Waals surface area contributed by atoms with Crippen molar-refractivity contribution in [3.63, 3.8) is 0 Å². The van der Waals surface area contributed by atoms with Crippen molar-refractivity contribution in [2.45, 2.75) is 30.4 Å². The topological polar surface area (TPSA) is 57.6 Å². The molecule has 1 aliphatic heterocycles. The van der Waals surface area contributed by atoms with Crippen LogP contribution in [0.25, 0.3) is 0 Å². The lowest BCUT2D eigenvalue weighted by Crippen LogP contribution is -2.48. The predicted octanol–water partition coefficient (Wildman–Crippen LogP) is 3.39. The van der Waals surface area contributed by atoms with Crippen LogP contribution in [0.2, 0.25) is 5.02 Å². The monoisotopic (exact) mass is 341 g/mol. The van der Waals surface area contributed by atoms with Gasteiger partial charge in [-0.25, -0.2) is 0 Å². The average molecular weight is 342 g/mol. The Hall–Kier alpha value is -1.20. The lowest BCUT2D eigenvalue weighted by Gasteiger charge is -2.36. The highest BCUT2D eigenvalue weighted by Gasteiger charge is 2.33. The number of hydrogen-bond acceptors (Lipinski definition) is 3. The summed E-state index contributed by atoms with van der Waals surface area (Å²) < 4.78 is 0. The summed E-state index contributed by atoms with van der Waals surface area (Å²) in [7, 11) is 0. The lowest BCUT2D eigenvalue weighted by atomic mass is 9.90. The van der Waals surface area contributed by atoms with Crippen LogP contribution in [-0.4, -0.2) is 40.2 Å². The largest absolute Gasteiger partial charge is 0.481 e. The third-order valence-electron chi connectivity index (χ3n) is 3.79. The molecule has 0 radical (unpaired) electrons. The number of benzene rings is 1. The molecule has 1 aliphatic rings. The molecule has 0 saturated carbocycles. The van der Waals surface area contributed by atoms with Crippen molar-refractivity contribution >= 4 is 35.2 Å². The third-order valence-corrected chi connectivity index (χ3v) is 5.15. The van der Waals surface area contributed by atoms with Gasteiger partial charge in [0.2, 0.25) is 5.91 Å². The number of aliphatic carboxylic acids is 1. The van der Waals surface area contributed by atoms with E-state index >= 15 is 0 Å². The molecule has 0 aliphatic carbocycles. The summed E-state index contributed by atoms with van der Waals surface area (Å²) in [5.74, 6) is -1.06. The van der Waals surface area contributed by atoms with Crippen molar-refractivity contribution in [1.29, 1.82) is 0 Å². The molecule has 3 atom stereocenters. The number of hydrogen-bond donors (Lipinski definition) is 1. The molecular formula is C16H20ClNO3S. The molecule has 0 spiro atoms. The SMILES string of the molecule is CC1CC(C(=O)O)CN(C(=O)C(C)Sc2ccc(Cl)cc2)C1. The van der Waals surface area contributed by atoms with E-state index < -0.39 is 11.9 Å². The summed E-state index contributed by atoms with van der Waals surface area (Å²) >= 11 is 7.32. The zero-order chi connectivity index (χ0) is 16.3. The van der Waals surface area contributed by atoms with Crippen molar-refractivity contribution in [2.24, 2.45) is 11.8 Å². The van der Waals surface area contributed by atoms with Crippen LogP contribution < -0.4 is 0 Å². The Labute approximate surface area is 139 Å². The van der Waals surface area contributed by atoms with Crippen molar-refractivity contribution in [3.05, 3.63) is 29.3 Å². The Bertz CT molecular complexity index is 549. The smallest absolute Gasteiger partial charge is 0.308 e. The first-order valence-electron chi connectivity index (χ1n) is 7.30. The lowest BCUT2D eigenvalue weighted by molar-refractivity contribution is -0.146. The quantitative estimate of drug-likeness (QED) is 0.853. The van der Waals surface area contributed by atoms with E-state index in [1.807, 2.05) is 26.0 Å². The number of piperidine rings is 1. The van der Waals surface area contributed by atoms with Gasteiger partial charge in [-0.15, -0.1) is 11.8 Å². The molecule has 1 amide bonds. The van der Waals surface area contributed by atoms with Gasteiger partial charge >= 0.3 is 5.97 Å². The van der Waals surface area contributed by atoms with E-state index in [9.17, 15) is 14.7 Å². The highest BCUT2D eigenvalue weighted by molar-refractivity contribution is 8.00.